The van der Waals surface area contributed by atoms with Crippen molar-refractivity contribution in [2.75, 3.05) is 13.1 Å². The summed E-state index contributed by atoms with van der Waals surface area (Å²) in [5.41, 5.74) is -0.639. The summed E-state index contributed by atoms with van der Waals surface area (Å²) >= 11 is 0. The van der Waals surface area contributed by atoms with E-state index in [9.17, 15) is 18.0 Å². The van der Waals surface area contributed by atoms with Crippen molar-refractivity contribution in [1.29, 1.82) is 0 Å². The predicted octanol–water partition coefficient (Wildman–Crippen LogP) is 4.21. The highest BCUT2D eigenvalue weighted by Crippen LogP contribution is 2.31. The topological polar surface area (TPSA) is 42.4 Å². The summed E-state index contributed by atoms with van der Waals surface area (Å²) in [7, 11) is 0. The van der Waals surface area contributed by atoms with Crippen LogP contribution in [0.4, 0.5) is 18.0 Å². The number of nitrogens with zero attached hydrogens (tertiary/aromatic N) is 2. The fourth-order valence-electron chi connectivity index (χ4n) is 2.54. The maximum Gasteiger partial charge on any atom is 0.433 e. The lowest BCUT2D eigenvalue weighted by molar-refractivity contribution is -0.141. The summed E-state index contributed by atoms with van der Waals surface area (Å²) in [6.45, 7) is 6.49. The molecule has 1 aromatic rings. The van der Waals surface area contributed by atoms with Gasteiger partial charge in [0.25, 0.3) is 0 Å². The first-order valence-electron chi connectivity index (χ1n) is 7.57. The number of hydrogen-bond donors (Lipinski definition) is 0. The van der Waals surface area contributed by atoms with Gasteiger partial charge in [0.1, 0.15) is 11.3 Å². The highest BCUT2D eigenvalue weighted by molar-refractivity contribution is 5.68. The molecule has 0 bridgehead atoms. The summed E-state index contributed by atoms with van der Waals surface area (Å²) in [5.74, 6) is 0.114. The number of amides is 1. The van der Waals surface area contributed by atoms with Gasteiger partial charge in [0.15, 0.2) is 0 Å². The van der Waals surface area contributed by atoms with Gasteiger partial charge >= 0.3 is 12.3 Å². The molecule has 1 fully saturated rings. The lowest BCUT2D eigenvalue weighted by Gasteiger charge is -2.33. The van der Waals surface area contributed by atoms with E-state index in [0.717, 1.165) is 11.6 Å². The number of ether oxygens (including phenoxy) is 1. The maximum absolute atomic E-state index is 12.5. The van der Waals surface area contributed by atoms with Crippen molar-refractivity contribution in [2.24, 2.45) is 0 Å². The largest absolute Gasteiger partial charge is 0.444 e. The van der Waals surface area contributed by atoms with Crippen molar-refractivity contribution in [2.45, 2.75) is 51.3 Å². The molecular formula is C16H21F3N2O2. The first-order valence-corrected chi connectivity index (χ1v) is 7.57. The smallest absolute Gasteiger partial charge is 0.433 e. The molecule has 7 heteroatoms. The van der Waals surface area contributed by atoms with E-state index in [-0.39, 0.29) is 12.0 Å². The van der Waals surface area contributed by atoms with Crippen LogP contribution in [0.15, 0.2) is 18.3 Å². The van der Waals surface area contributed by atoms with Gasteiger partial charge in [-0.1, -0.05) is 6.07 Å². The SMILES string of the molecule is CC(C)(C)OC(=O)N1CCC(c2ccc(C(F)(F)F)nc2)CC1. The molecule has 4 nitrogen and oxygen atoms in total. The number of halogens is 3. The number of carbonyl (C=O) groups is 1. The quantitative estimate of drug-likeness (QED) is 0.774. The minimum absolute atomic E-state index is 0.114. The zero-order chi connectivity index (χ0) is 17.3. The van der Waals surface area contributed by atoms with Gasteiger partial charge in [0.05, 0.1) is 0 Å². The second-order valence-electron chi connectivity index (χ2n) is 6.72. The van der Waals surface area contributed by atoms with E-state index in [1.807, 2.05) is 20.8 Å². The second kappa shape index (κ2) is 6.37. The van der Waals surface area contributed by atoms with Crippen molar-refractivity contribution in [1.82, 2.24) is 9.88 Å². The van der Waals surface area contributed by atoms with Crippen molar-refractivity contribution >= 4 is 6.09 Å². The molecule has 0 saturated carbocycles. The Bertz CT molecular complexity index is 542. The summed E-state index contributed by atoms with van der Waals surface area (Å²) < 4.78 is 42.9. The van der Waals surface area contributed by atoms with Crippen molar-refractivity contribution in [3.8, 4) is 0 Å². The Balaban J connectivity index is 1.93. The molecule has 1 aromatic heterocycles. The molecule has 0 radical (unpaired) electrons. The molecule has 0 unspecified atom stereocenters. The van der Waals surface area contributed by atoms with Crippen molar-refractivity contribution < 1.29 is 22.7 Å². The molecule has 0 atom stereocenters. The van der Waals surface area contributed by atoms with E-state index in [4.69, 9.17) is 4.74 Å². The summed E-state index contributed by atoms with van der Waals surface area (Å²) in [6, 6.07) is 2.49. The summed E-state index contributed by atoms with van der Waals surface area (Å²) in [6.07, 6.45) is -2.10. The van der Waals surface area contributed by atoms with E-state index in [1.54, 1.807) is 4.90 Å². The van der Waals surface area contributed by atoms with Crippen LogP contribution < -0.4 is 0 Å². The fraction of sp³-hybridized carbons (Fsp3) is 0.625. The molecule has 1 amide bonds. The Morgan fingerprint density at radius 1 is 1.22 bits per heavy atom. The van der Waals surface area contributed by atoms with Crippen LogP contribution in [0.5, 0.6) is 0 Å². The lowest BCUT2D eigenvalue weighted by atomic mass is 9.90. The molecule has 0 spiro atoms. The van der Waals surface area contributed by atoms with E-state index >= 15 is 0 Å². The molecule has 2 heterocycles. The number of pyridine rings is 1. The Labute approximate surface area is 133 Å². The van der Waals surface area contributed by atoms with Crippen LogP contribution in [0.2, 0.25) is 0 Å². The fourth-order valence-corrected chi connectivity index (χ4v) is 2.54. The predicted molar refractivity (Wildman–Crippen MR) is 79.0 cm³/mol. The summed E-state index contributed by atoms with van der Waals surface area (Å²) in [5, 5.41) is 0. The van der Waals surface area contributed by atoms with Crippen LogP contribution in [-0.2, 0) is 10.9 Å². The minimum atomic E-state index is -4.42. The molecule has 1 aliphatic heterocycles. The van der Waals surface area contributed by atoms with Crippen LogP contribution in [0.1, 0.15) is 50.8 Å². The highest BCUT2D eigenvalue weighted by Gasteiger charge is 2.33. The van der Waals surface area contributed by atoms with Gasteiger partial charge in [-0.15, -0.1) is 0 Å². The van der Waals surface area contributed by atoms with E-state index in [0.29, 0.717) is 25.9 Å². The van der Waals surface area contributed by atoms with Crippen LogP contribution in [0.25, 0.3) is 0 Å². The zero-order valence-corrected chi connectivity index (χ0v) is 13.5. The molecule has 1 aliphatic rings. The van der Waals surface area contributed by atoms with E-state index in [2.05, 4.69) is 4.98 Å². The Morgan fingerprint density at radius 3 is 2.26 bits per heavy atom. The molecular weight excluding hydrogens is 309 g/mol. The van der Waals surface area contributed by atoms with Crippen LogP contribution in [0, 0.1) is 0 Å². The number of hydrogen-bond acceptors (Lipinski definition) is 3. The molecule has 0 aromatic carbocycles. The molecule has 128 valence electrons. The lowest BCUT2D eigenvalue weighted by Crippen LogP contribution is -2.41. The van der Waals surface area contributed by atoms with Gasteiger partial charge in [0.2, 0.25) is 0 Å². The standard InChI is InChI=1S/C16H21F3N2O2/c1-15(2,3)23-14(22)21-8-6-11(7-9-21)12-4-5-13(20-10-12)16(17,18)19/h4-5,10-11H,6-9H2,1-3H3. The van der Waals surface area contributed by atoms with Gasteiger partial charge in [0, 0.05) is 19.3 Å². The van der Waals surface area contributed by atoms with Gasteiger partial charge in [-0.2, -0.15) is 13.2 Å². The number of aromatic nitrogens is 1. The third-order valence-electron chi connectivity index (χ3n) is 3.69. The van der Waals surface area contributed by atoms with Crippen LogP contribution in [-0.4, -0.2) is 34.7 Å². The van der Waals surface area contributed by atoms with E-state index in [1.165, 1.54) is 12.3 Å². The van der Waals surface area contributed by atoms with Gasteiger partial charge in [-0.3, -0.25) is 4.98 Å². The average Bonchev–Trinajstić information content (AvgIpc) is 2.45. The number of rotatable bonds is 1. The van der Waals surface area contributed by atoms with Gasteiger partial charge in [-0.25, -0.2) is 4.79 Å². The third kappa shape index (κ3) is 4.84. The Kier molecular flexibility index (Phi) is 4.87. The Morgan fingerprint density at radius 2 is 1.83 bits per heavy atom. The number of likely N-dealkylation sites (tertiary alicyclic amines) is 1. The summed E-state index contributed by atoms with van der Waals surface area (Å²) in [4.78, 5) is 17.1. The maximum atomic E-state index is 12.5. The minimum Gasteiger partial charge on any atom is -0.444 e. The first-order chi connectivity index (χ1) is 10.6. The molecule has 0 aliphatic carbocycles. The highest BCUT2D eigenvalue weighted by atomic mass is 19.4. The molecule has 2 rings (SSSR count). The van der Waals surface area contributed by atoms with Crippen LogP contribution >= 0.6 is 0 Å². The van der Waals surface area contributed by atoms with Crippen LogP contribution in [0.3, 0.4) is 0 Å². The third-order valence-corrected chi connectivity index (χ3v) is 3.69. The molecule has 0 N–H and O–H groups in total. The number of alkyl halides is 3. The van der Waals surface area contributed by atoms with E-state index < -0.39 is 17.5 Å². The number of piperidine rings is 1. The van der Waals surface area contributed by atoms with Crippen molar-refractivity contribution in [3.05, 3.63) is 29.6 Å². The van der Waals surface area contributed by atoms with Gasteiger partial charge in [-0.05, 0) is 51.2 Å². The normalized spacial score (nSPS) is 17.2. The number of carbonyl (C=O) groups excluding carboxylic acids is 1. The molecule has 23 heavy (non-hydrogen) atoms. The molecule has 1 saturated heterocycles. The van der Waals surface area contributed by atoms with Gasteiger partial charge < -0.3 is 9.64 Å². The van der Waals surface area contributed by atoms with Crippen molar-refractivity contribution in [3.63, 3.8) is 0 Å². The second-order valence-corrected chi connectivity index (χ2v) is 6.72. The Hall–Kier alpha value is -1.79. The monoisotopic (exact) mass is 330 g/mol. The zero-order valence-electron chi connectivity index (χ0n) is 13.5. The first kappa shape index (κ1) is 17.6. The average molecular weight is 330 g/mol.